The van der Waals surface area contributed by atoms with Gasteiger partial charge in [0.2, 0.25) is 0 Å². The molecular weight excluding hydrogens is 252 g/mol. The lowest BCUT2D eigenvalue weighted by molar-refractivity contribution is -0.110. The van der Waals surface area contributed by atoms with Crippen molar-refractivity contribution >= 4 is 5.78 Å². The summed E-state index contributed by atoms with van der Waals surface area (Å²) in [5, 5.41) is 0. The van der Waals surface area contributed by atoms with Gasteiger partial charge in [0.05, 0.1) is 12.7 Å². The number of hydrogen-bond donors (Lipinski definition) is 0. The van der Waals surface area contributed by atoms with Crippen LogP contribution in [0.4, 0.5) is 0 Å². The Kier molecular flexibility index (Phi) is 2.83. The monoisotopic (exact) mass is 270 g/mol. The standard InChI is InChI=1S/C17H18O3/c1-16(20-3)11-17(8-6-12(18)7-9-17)15-10-13(19-2)4-5-14(15)16/h4-10H,11H2,1-3H3. The minimum atomic E-state index is -0.351. The van der Waals surface area contributed by atoms with Gasteiger partial charge in [0.15, 0.2) is 5.78 Å². The Bertz CT molecular complexity index is 611. The zero-order chi connectivity index (χ0) is 14.4. The minimum absolute atomic E-state index is 0.0334. The smallest absolute Gasteiger partial charge is 0.178 e. The second kappa shape index (κ2) is 4.32. The second-order valence-electron chi connectivity index (χ2n) is 5.63. The Labute approximate surface area is 118 Å². The lowest BCUT2D eigenvalue weighted by Crippen LogP contribution is -2.26. The minimum Gasteiger partial charge on any atom is -0.497 e. The van der Waals surface area contributed by atoms with E-state index in [1.165, 1.54) is 0 Å². The van der Waals surface area contributed by atoms with Gasteiger partial charge in [-0.25, -0.2) is 0 Å². The van der Waals surface area contributed by atoms with Gasteiger partial charge in [0.1, 0.15) is 5.75 Å². The highest BCUT2D eigenvalue weighted by Crippen LogP contribution is 2.53. The number of ketones is 1. The number of fused-ring (bicyclic) bond motifs is 2. The third kappa shape index (κ3) is 1.74. The van der Waals surface area contributed by atoms with Crippen molar-refractivity contribution < 1.29 is 14.3 Å². The molecule has 104 valence electrons. The van der Waals surface area contributed by atoms with Gasteiger partial charge in [-0.3, -0.25) is 4.79 Å². The molecule has 1 aromatic rings. The first-order valence-electron chi connectivity index (χ1n) is 6.70. The summed E-state index contributed by atoms with van der Waals surface area (Å²) in [5.74, 6) is 0.855. The normalized spacial score (nSPS) is 26.1. The van der Waals surface area contributed by atoms with Crippen molar-refractivity contribution in [1.29, 1.82) is 0 Å². The maximum absolute atomic E-state index is 11.4. The fraction of sp³-hybridized carbons (Fsp3) is 0.353. The Morgan fingerprint density at radius 3 is 2.40 bits per heavy atom. The van der Waals surface area contributed by atoms with Gasteiger partial charge >= 0.3 is 0 Å². The van der Waals surface area contributed by atoms with Crippen molar-refractivity contribution in [2.45, 2.75) is 24.4 Å². The lowest BCUT2D eigenvalue weighted by atomic mass is 9.78. The average molecular weight is 270 g/mol. The molecule has 20 heavy (non-hydrogen) atoms. The highest BCUT2D eigenvalue weighted by molar-refractivity contribution is 6.01. The van der Waals surface area contributed by atoms with Gasteiger partial charge in [0.25, 0.3) is 0 Å². The summed E-state index contributed by atoms with van der Waals surface area (Å²) in [6.45, 7) is 2.09. The molecular formula is C17H18O3. The van der Waals surface area contributed by atoms with Crippen LogP contribution in [0, 0.1) is 0 Å². The number of carbonyl (C=O) groups is 1. The third-order valence-corrected chi connectivity index (χ3v) is 4.47. The largest absolute Gasteiger partial charge is 0.497 e. The van der Waals surface area contributed by atoms with Gasteiger partial charge in [0, 0.05) is 12.5 Å². The van der Waals surface area contributed by atoms with Crippen LogP contribution in [0.2, 0.25) is 0 Å². The average Bonchev–Trinajstić information content (AvgIpc) is 2.72. The number of allylic oxidation sites excluding steroid dienone is 4. The predicted octanol–water partition coefficient (Wildman–Crippen LogP) is 2.89. The number of ether oxygens (including phenoxy) is 2. The summed E-state index contributed by atoms with van der Waals surface area (Å²) in [5.41, 5.74) is 1.69. The molecule has 0 saturated heterocycles. The maximum atomic E-state index is 11.4. The Hall–Kier alpha value is -1.87. The SMILES string of the molecule is COc1ccc2c(c1)C1(C=CC(=O)C=C1)CC2(C)OC. The van der Waals surface area contributed by atoms with Crippen molar-refractivity contribution in [2.24, 2.45) is 0 Å². The molecule has 1 spiro atoms. The predicted molar refractivity (Wildman–Crippen MR) is 76.9 cm³/mol. The first kappa shape index (κ1) is 13.1. The molecule has 1 aromatic carbocycles. The van der Waals surface area contributed by atoms with Crippen molar-refractivity contribution in [3.8, 4) is 5.75 Å². The molecule has 0 saturated carbocycles. The summed E-state index contributed by atoms with van der Waals surface area (Å²) >= 11 is 0. The van der Waals surface area contributed by atoms with Crippen LogP contribution in [-0.2, 0) is 20.5 Å². The Balaban J connectivity index is 2.20. The number of methoxy groups -OCH3 is 2. The van der Waals surface area contributed by atoms with Gasteiger partial charge in [-0.05, 0) is 48.8 Å². The van der Waals surface area contributed by atoms with Crippen LogP contribution >= 0.6 is 0 Å². The van der Waals surface area contributed by atoms with Crippen molar-refractivity contribution in [1.82, 2.24) is 0 Å². The van der Waals surface area contributed by atoms with E-state index >= 15 is 0 Å². The van der Waals surface area contributed by atoms with E-state index in [4.69, 9.17) is 9.47 Å². The number of benzene rings is 1. The number of hydrogen-bond acceptors (Lipinski definition) is 3. The zero-order valence-corrected chi connectivity index (χ0v) is 12.0. The molecule has 0 aromatic heterocycles. The van der Waals surface area contributed by atoms with E-state index in [0.29, 0.717) is 0 Å². The molecule has 1 unspecified atom stereocenters. The Morgan fingerprint density at radius 1 is 1.10 bits per heavy atom. The topological polar surface area (TPSA) is 35.5 Å². The van der Waals surface area contributed by atoms with Crippen LogP contribution in [-0.4, -0.2) is 20.0 Å². The highest BCUT2D eigenvalue weighted by atomic mass is 16.5. The van der Waals surface area contributed by atoms with Gasteiger partial charge in [-0.1, -0.05) is 18.2 Å². The van der Waals surface area contributed by atoms with Crippen molar-refractivity contribution in [2.75, 3.05) is 14.2 Å². The molecule has 2 aliphatic carbocycles. The molecule has 3 heteroatoms. The van der Waals surface area contributed by atoms with Crippen LogP contribution < -0.4 is 4.74 Å². The van der Waals surface area contributed by atoms with Gasteiger partial charge in [-0.2, -0.15) is 0 Å². The second-order valence-corrected chi connectivity index (χ2v) is 5.63. The molecule has 0 heterocycles. The molecule has 3 rings (SSSR count). The van der Waals surface area contributed by atoms with E-state index in [1.807, 2.05) is 24.3 Å². The summed E-state index contributed by atoms with van der Waals surface area (Å²) < 4.78 is 11.1. The molecule has 0 N–H and O–H groups in total. The van der Waals surface area contributed by atoms with Crippen LogP contribution in [0.15, 0.2) is 42.5 Å². The van der Waals surface area contributed by atoms with Crippen LogP contribution in [0.5, 0.6) is 5.75 Å². The quantitative estimate of drug-likeness (QED) is 0.829. The van der Waals surface area contributed by atoms with Crippen molar-refractivity contribution in [3.63, 3.8) is 0 Å². The van der Waals surface area contributed by atoms with E-state index < -0.39 is 0 Å². The third-order valence-electron chi connectivity index (χ3n) is 4.47. The Morgan fingerprint density at radius 2 is 1.80 bits per heavy atom. The molecule has 0 radical (unpaired) electrons. The summed E-state index contributed by atoms with van der Waals surface area (Å²) in [6.07, 6.45) is 8.05. The van der Waals surface area contributed by atoms with E-state index in [2.05, 4.69) is 13.0 Å². The lowest BCUT2D eigenvalue weighted by Gasteiger charge is -2.28. The summed E-state index contributed by atoms with van der Waals surface area (Å²) in [4.78, 5) is 11.4. The zero-order valence-electron chi connectivity index (χ0n) is 12.0. The first-order chi connectivity index (χ1) is 9.53. The van der Waals surface area contributed by atoms with E-state index in [9.17, 15) is 4.79 Å². The first-order valence-corrected chi connectivity index (χ1v) is 6.70. The molecule has 0 amide bonds. The molecule has 1 atom stereocenters. The van der Waals surface area contributed by atoms with E-state index in [-0.39, 0.29) is 16.8 Å². The van der Waals surface area contributed by atoms with Gasteiger partial charge < -0.3 is 9.47 Å². The number of carbonyl (C=O) groups excluding carboxylic acids is 1. The van der Waals surface area contributed by atoms with E-state index in [0.717, 1.165) is 23.3 Å². The van der Waals surface area contributed by atoms with Gasteiger partial charge in [-0.15, -0.1) is 0 Å². The summed E-state index contributed by atoms with van der Waals surface area (Å²) in [6, 6.07) is 6.06. The van der Waals surface area contributed by atoms with Crippen LogP contribution in [0.3, 0.4) is 0 Å². The van der Waals surface area contributed by atoms with Crippen LogP contribution in [0.1, 0.15) is 24.5 Å². The van der Waals surface area contributed by atoms with Crippen LogP contribution in [0.25, 0.3) is 0 Å². The fourth-order valence-electron chi connectivity index (χ4n) is 3.30. The maximum Gasteiger partial charge on any atom is 0.178 e. The molecule has 0 fully saturated rings. The van der Waals surface area contributed by atoms with E-state index in [1.54, 1.807) is 26.4 Å². The molecule has 2 aliphatic rings. The van der Waals surface area contributed by atoms with Crippen molar-refractivity contribution in [3.05, 3.63) is 53.6 Å². The molecule has 0 aliphatic heterocycles. The molecule has 0 bridgehead atoms. The molecule has 3 nitrogen and oxygen atoms in total. The summed E-state index contributed by atoms with van der Waals surface area (Å²) in [7, 11) is 3.39. The highest BCUT2D eigenvalue weighted by Gasteiger charge is 2.48. The number of rotatable bonds is 2. The fourth-order valence-corrected chi connectivity index (χ4v) is 3.30.